The fraction of sp³-hybridized carbons (Fsp3) is 0.579. The van der Waals surface area contributed by atoms with Crippen LogP contribution in [0.3, 0.4) is 0 Å². The van der Waals surface area contributed by atoms with Crippen LogP contribution in [0.4, 0.5) is 0 Å². The lowest BCUT2D eigenvalue weighted by molar-refractivity contribution is -0.131. The van der Waals surface area contributed by atoms with Crippen molar-refractivity contribution in [1.29, 1.82) is 0 Å². The molecule has 150 valence electrons. The number of ether oxygens (including phenoxy) is 1. The lowest BCUT2D eigenvalue weighted by Crippen LogP contribution is -2.44. The molecule has 1 heterocycles. The zero-order chi connectivity index (χ0) is 19.8. The lowest BCUT2D eigenvalue weighted by atomic mass is 10.1. The van der Waals surface area contributed by atoms with Gasteiger partial charge in [-0.2, -0.15) is 0 Å². The molecule has 0 unspecified atom stereocenters. The van der Waals surface area contributed by atoms with Gasteiger partial charge in [0.1, 0.15) is 11.9 Å². The van der Waals surface area contributed by atoms with Crippen LogP contribution in [0, 0.1) is 0 Å². The van der Waals surface area contributed by atoms with Crippen molar-refractivity contribution in [3.63, 3.8) is 0 Å². The third kappa shape index (κ3) is 6.68. The van der Waals surface area contributed by atoms with Gasteiger partial charge in [0.2, 0.25) is 5.91 Å². The van der Waals surface area contributed by atoms with Crippen LogP contribution >= 0.6 is 11.6 Å². The van der Waals surface area contributed by atoms with Crippen molar-refractivity contribution in [1.82, 2.24) is 20.4 Å². The monoisotopic (exact) mass is 396 g/mol. The predicted octanol–water partition coefficient (Wildman–Crippen LogP) is 1.22. The second kappa shape index (κ2) is 10.5. The van der Waals surface area contributed by atoms with Gasteiger partial charge in [-0.1, -0.05) is 11.6 Å². The Hall–Kier alpha value is -1.83. The van der Waals surface area contributed by atoms with Crippen LogP contribution in [0.25, 0.3) is 0 Å². The molecule has 1 saturated heterocycles. The summed E-state index contributed by atoms with van der Waals surface area (Å²) >= 11 is 6.31. The van der Waals surface area contributed by atoms with Crippen molar-refractivity contribution in [3.8, 4) is 5.75 Å². The number of benzene rings is 1. The van der Waals surface area contributed by atoms with E-state index in [1.165, 1.54) is 0 Å². The number of nitrogens with zero attached hydrogens (tertiary/aromatic N) is 2. The molecule has 1 aliphatic rings. The number of hydrogen-bond acceptors (Lipinski definition) is 5. The van der Waals surface area contributed by atoms with Gasteiger partial charge in [-0.15, -0.1) is 0 Å². The molecule has 0 radical (unpaired) electrons. The average molecular weight is 397 g/mol. The Balaban J connectivity index is 1.86. The van der Waals surface area contributed by atoms with E-state index in [2.05, 4.69) is 10.6 Å². The largest absolute Gasteiger partial charge is 0.489 e. The van der Waals surface area contributed by atoms with Crippen LogP contribution in [0.1, 0.15) is 23.2 Å². The van der Waals surface area contributed by atoms with Crippen LogP contribution in [-0.2, 0) is 4.79 Å². The molecule has 0 aliphatic carbocycles. The summed E-state index contributed by atoms with van der Waals surface area (Å²) < 4.78 is 6.00. The summed E-state index contributed by atoms with van der Waals surface area (Å²) in [7, 11) is 5.68. The number of piperidine rings is 1. The minimum absolute atomic E-state index is 0.0147. The number of likely N-dealkylation sites (tertiary alicyclic amines) is 1. The van der Waals surface area contributed by atoms with E-state index < -0.39 is 0 Å². The van der Waals surface area contributed by atoms with Gasteiger partial charge in [-0.3, -0.25) is 9.59 Å². The van der Waals surface area contributed by atoms with Gasteiger partial charge in [-0.25, -0.2) is 0 Å². The number of halogens is 1. The highest BCUT2D eigenvalue weighted by Gasteiger charge is 2.24. The predicted molar refractivity (Wildman–Crippen MR) is 106 cm³/mol. The van der Waals surface area contributed by atoms with E-state index in [4.69, 9.17) is 16.3 Å². The summed E-state index contributed by atoms with van der Waals surface area (Å²) in [5, 5.41) is 6.16. The summed E-state index contributed by atoms with van der Waals surface area (Å²) in [6.45, 7) is 3.06. The highest BCUT2D eigenvalue weighted by atomic mass is 35.5. The molecule has 2 N–H and O–H groups in total. The topological polar surface area (TPSA) is 73.9 Å². The molecule has 27 heavy (non-hydrogen) atoms. The highest BCUT2D eigenvalue weighted by molar-refractivity contribution is 6.32. The first-order valence-corrected chi connectivity index (χ1v) is 9.60. The Morgan fingerprint density at radius 1 is 1.30 bits per heavy atom. The molecular weight excluding hydrogens is 368 g/mol. The summed E-state index contributed by atoms with van der Waals surface area (Å²) in [6, 6.07) is 5.09. The Morgan fingerprint density at radius 2 is 2.00 bits per heavy atom. The molecule has 0 aromatic heterocycles. The quantitative estimate of drug-likeness (QED) is 0.691. The summed E-state index contributed by atoms with van der Waals surface area (Å²) in [6.07, 6.45) is 1.54. The van der Waals surface area contributed by atoms with E-state index >= 15 is 0 Å². The number of nitrogens with one attached hydrogen (secondary N) is 2. The zero-order valence-corrected chi connectivity index (χ0v) is 17.0. The number of hydrogen-bond donors (Lipinski definition) is 2. The molecule has 0 atom stereocenters. The second-order valence-corrected chi connectivity index (χ2v) is 7.34. The highest BCUT2D eigenvalue weighted by Crippen LogP contribution is 2.28. The molecular formula is C19H29ClN4O3. The SMILES string of the molecule is CNCC(=O)N1CCC(Oc2ccc(C(=O)NCCN(C)C)cc2Cl)CC1. The standard InChI is InChI=1S/C19H29ClN4O3/c1-21-13-18(25)24-9-6-15(7-10-24)27-17-5-4-14(12-16(17)20)19(26)22-8-11-23(2)3/h4-5,12,15,21H,6-11,13H2,1-3H3,(H,22,26). The average Bonchev–Trinajstić information content (AvgIpc) is 2.63. The fourth-order valence-corrected chi connectivity index (χ4v) is 3.12. The van der Waals surface area contributed by atoms with E-state index in [0.717, 1.165) is 19.4 Å². The molecule has 2 amide bonds. The maximum Gasteiger partial charge on any atom is 0.251 e. The normalized spacial score (nSPS) is 15.1. The first kappa shape index (κ1) is 21.5. The van der Waals surface area contributed by atoms with Crippen molar-refractivity contribution < 1.29 is 14.3 Å². The minimum Gasteiger partial charge on any atom is -0.489 e. The third-order valence-electron chi connectivity index (χ3n) is 4.45. The van der Waals surface area contributed by atoms with E-state index in [1.807, 2.05) is 23.9 Å². The Bertz CT molecular complexity index is 646. The van der Waals surface area contributed by atoms with E-state index in [0.29, 0.717) is 42.5 Å². The zero-order valence-electron chi connectivity index (χ0n) is 16.3. The van der Waals surface area contributed by atoms with Crippen molar-refractivity contribution in [2.24, 2.45) is 0 Å². The lowest BCUT2D eigenvalue weighted by Gasteiger charge is -2.32. The van der Waals surface area contributed by atoms with Gasteiger partial charge in [0.25, 0.3) is 5.91 Å². The Labute approximate surface area is 166 Å². The van der Waals surface area contributed by atoms with E-state index in [1.54, 1.807) is 25.2 Å². The van der Waals surface area contributed by atoms with Gasteiger partial charge >= 0.3 is 0 Å². The maximum atomic E-state index is 12.2. The fourth-order valence-electron chi connectivity index (χ4n) is 2.90. The van der Waals surface area contributed by atoms with Crippen molar-refractivity contribution in [2.75, 3.05) is 53.9 Å². The number of carbonyl (C=O) groups excluding carboxylic acids is 2. The molecule has 1 aliphatic heterocycles. The van der Waals surface area contributed by atoms with Crippen LogP contribution in [-0.4, -0.2) is 81.6 Å². The summed E-state index contributed by atoms with van der Waals surface area (Å²) in [5.74, 6) is 0.529. The van der Waals surface area contributed by atoms with Crippen molar-refractivity contribution in [2.45, 2.75) is 18.9 Å². The van der Waals surface area contributed by atoms with Gasteiger partial charge in [0.15, 0.2) is 0 Å². The van der Waals surface area contributed by atoms with Crippen LogP contribution in [0.15, 0.2) is 18.2 Å². The summed E-state index contributed by atoms with van der Waals surface area (Å²) in [4.78, 5) is 27.9. The van der Waals surface area contributed by atoms with Gasteiger partial charge in [0.05, 0.1) is 11.6 Å². The van der Waals surface area contributed by atoms with Gasteiger partial charge < -0.3 is 25.2 Å². The molecule has 1 aromatic rings. The molecule has 0 bridgehead atoms. The Kier molecular flexibility index (Phi) is 8.34. The first-order chi connectivity index (χ1) is 12.9. The van der Waals surface area contributed by atoms with Crippen LogP contribution in [0.5, 0.6) is 5.75 Å². The third-order valence-corrected chi connectivity index (χ3v) is 4.75. The number of carbonyl (C=O) groups is 2. The first-order valence-electron chi connectivity index (χ1n) is 9.22. The molecule has 8 heteroatoms. The molecule has 0 spiro atoms. The van der Waals surface area contributed by atoms with Crippen LogP contribution in [0.2, 0.25) is 5.02 Å². The molecule has 7 nitrogen and oxygen atoms in total. The van der Waals surface area contributed by atoms with Gasteiger partial charge in [0, 0.05) is 44.6 Å². The summed E-state index contributed by atoms with van der Waals surface area (Å²) in [5.41, 5.74) is 0.513. The molecule has 1 aromatic carbocycles. The Morgan fingerprint density at radius 3 is 2.59 bits per heavy atom. The van der Waals surface area contributed by atoms with E-state index in [9.17, 15) is 9.59 Å². The van der Waals surface area contributed by atoms with Crippen molar-refractivity contribution >= 4 is 23.4 Å². The maximum absolute atomic E-state index is 12.2. The smallest absolute Gasteiger partial charge is 0.251 e. The number of rotatable bonds is 8. The molecule has 1 fully saturated rings. The van der Waals surface area contributed by atoms with Crippen LogP contribution < -0.4 is 15.4 Å². The minimum atomic E-state index is -0.151. The van der Waals surface area contributed by atoms with E-state index in [-0.39, 0.29) is 17.9 Å². The molecule has 2 rings (SSSR count). The van der Waals surface area contributed by atoms with Crippen molar-refractivity contribution in [3.05, 3.63) is 28.8 Å². The van der Waals surface area contributed by atoms with Gasteiger partial charge in [-0.05, 0) is 39.3 Å². The molecule has 0 saturated carbocycles. The number of likely N-dealkylation sites (N-methyl/N-ethyl adjacent to an activating group) is 2. The second-order valence-electron chi connectivity index (χ2n) is 6.93. The number of amides is 2.